The summed E-state index contributed by atoms with van der Waals surface area (Å²) in [6.07, 6.45) is 0. The third-order valence-corrected chi connectivity index (χ3v) is 2.83. The van der Waals surface area contributed by atoms with Crippen LogP contribution in [-0.2, 0) is 14.8 Å². The van der Waals surface area contributed by atoms with Crippen molar-refractivity contribution in [3.8, 4) is 5.75 Å². The van der Waals surface area contributed by atoms with Crippen molar-refractivity contribution in [1.29, 1.82) is 0 Å². The molecule has 0 spiro atoms. The molecule has 1 rings (SSSR count). The van der Waals surface area contributed by atoms with Crippen molar-refractivity contribution in [2.24, 2.45) is 0 Å². The van der Waals surface area contributed by atoms with E-state index >= 15 is 0 Å². The molecule has 0 saturated carbocycles. The van der Waals surface area contributed by atoms with Crippen LogP contribution in [0.25, 0.3) is 0 Å². The Hall–Kier alpha value is -0.740. The van der Waals surface area contributed by atoms with Crippen LogP contribution in [0.3, 0.4) is 0 Å². The Labute approximate surface area is 87.8 Å². The van der Waals surface area contributed by atoms with Crippen molar-refractivity contribution in [3.63, 3.8) is 0 Å². The van der Waals surface area contributed by atoms with E-state index < -0.39 is 9.05 Å². The Kier molecular flexibility index (Phi) is 3.07. The first-order valence-corrected chi connectivity index (χ1v) is 6.49. The molecular weight excluding hydrogens is 224 g/mol. The molecule has 0 aliphatic carbocycles. The zero-order valence-corrected chi connectivity index (χ0v) is 9.48. The molecule has 1 N–H and O–H groups in total. The summed E-state index contributed by atoms with van der Waals surface area (Å²) < 4.78 is 21.7. The molecule has 5 heteroatoms. The van der Waals surface area contributed by atoms with E-state index in [-0.39, 0.29) is 11.5 Å². The number of benzene rings is 1. The highest BCUT2D eigenvalue weighted by atomic mass is 35.7. The summed E-state index contributed by atoms with van der Waals surface area (Å²) in [6, 6.07) is 3.39. The lowest BCUT2D eigenvalue weighted by atomic mass is 10.1. The highest BCUT2D eigenvalue weighted by Crippen LogP contribution is 2.26. The maximum atomic E-state index is 10.8. The molecule has 78 valence electrons. The van der Waals surface area contributed by atoms with E-state index in [1.807, 2.05) is 6.92 Å². The zero-order valence-electron chi connectivity index (χ0n) is 7.91. The van der Waals surface area contributed by atoms with Crippen molar-refractivity contribution in [2.75, 3.05) is 0 Å². The average Bonchev–Trinajstić information content (AvgIpc) is 1.96. The molecule has 0 heterocycles. The van der Waals surface area contributed by atoms with E-state index in [1.165, 1.54) is 0 Å². The van der Waals surface area contributed by atoms with Gasteiger partial charge in [-0.1, -0.05) is 17.7 Å². The van der Waals surface area contributed by atoms with E-state index in [4.69, 9.17) is 10.7 Å². The van der Waals surface area contributed by atoms with E-state index in [0.29, 0.717) is 11.1 Å². The number of hydrogen-bond acceptors (Lipinski definition) is 3. The largest absolute Gasteiger partial charge is 0.507 e. The first-order chi connectivity index (χ1) is 6.29. The molecule has 0 atom stereocenters. The highest BCUT2D eigenvalue weighted by Gasteiger charge is 2.12. The van der Waals surface area contributed by atoms with E-state index in [2.05, 4.69) is 0 Å². The number of rotatable bonds is 2. The molecule has 0 aliphatic heterocycles. The monoisotopic (exact) mass is 234 g/mol. The van der Waals surface area contributed by atoms with Crippen molar-refractivity contribution in [2.45, 2.75) is 19.6 Å². The van der Waals surface area contributed by atoms with Crippen LogP contribution in [0.5, 0.6) is 5.75 Å². The van der Waals surface area contributed by atoms with Gasteiger partial charge in [0, 0.05) is 16.2 Å². The average molecular weight is 235 g/mol. The van der Waals surface area contributed by atoms with Crippen molar-refractivity contribution >= 4 is 19.7 Å². The molecule has 0 unspecified atom stereocenters. The molecule has 0 bridgehead atoms. The number of phenolic OH excluding ortho intramolecular Hbond substituents is 1. The highest BCUT2D eigenvalue weighted by molar-refractivity contribution is 8.13. The Morgan fingerprint density at radius 3 is 2.43 bits per heavy atom. The third-order valence-electron chi connectivity index (χ3n) is 1.85. The number of aromatic hydroxyl groups is 1. The second kappa shape index (κ2) is 3.79. The Morgan fingerprint density at radius 2 is 1.93 bits per heavy atom. The molecule has 0 aromatic heterocycles. The van der Waals surface area contributed by atoms with Gasteiger partial charge in [-0.05, 0) is 19.4 Å². The van der Waals surface area contributed by atoms with Crippen LogP contribution >= 0.6 is 10.7 Å². The fourth-order valence-electron chi connectivity index (χ4n) is 1.34. The van der Waals surface area contributed by atoms with Gasteiger partial charge in [-0.15, -0.1) is 0 Å². The Morgan fingerprint density at radius 1 is 1.36 bits per heavy atom. The molecule has 0 fully saturated rings. The van der Waals surface area contributed by atoms with Crippen LogP contribution in [0.2, 0.25) is 0 Å². The minimum Gasteiger partial charge on any atom is -0.507 e. The van der Waals surface area contributed by atoms with Gasteiger partial charge in [-0.2, -0.15) is 0 Å². The number of aryl methyl sites for hydroxylation is 2. The standard InChI is InChI=1S/C9H11ClO3S/c1-6-3-7(2)9(11)8(4-6)5-14(10,12)13/h3-4,11H,5H2,1-2H3. The summed E-state index contributed by atoms with van der Waals surface area (Å²) in [5.74, 6) is -0.344. The van der Waals surface area contributed by atoms with Gasteiger partial charge >= 0.3 is 0 Å². The molecule has 0 saturated heterocycles. The molecule has 14 heavy (non-hydrogen) atoms. The molecule has 0 radical (unpaired) electrons. The number of hydrogen-bond donors (Lipinski definition) is 1. The first kappa shape index (κ1) is 11.3. The Balaban J connectivity index is 3.22. The maximum Gasteiger partial charge on any atom is 0.236 e. The second-order valence-electron chi connectivity index (χ2n) is 3.27. The summed E-state index contributed by atoms with van der Waals surface area (Å²) in [7, 11) is 1.48. The Bertz CT molecular complexity index is 451. The maximum absolute atomic E-state index is 10.8. The smallest absolute Gasteiger partial charge is 0.236 e. The third kappa shape index (κ3) is 2.89. The molecule has 0 amide bonds. The second-order valence-corrected chi connectivity index (χ2v) is 6.05. The van der Waals surface area contributed by atoms with Crippen LogP contribution in [-0.4, -0.2) is 13.5 Å². The minimum absolute atomic E-state index is 0.000162. The lowest BCUT2D eigenvalue weighted by Gasteiger charge is -2.06. The summed E-state index contributed by atoms with van der Waals surface area (Å²) in [5.41, 5.74) is 1.90. The molecule has 1 aromatic carbocycles. The van der Waals surface area contributed by atoms with Crippen LogP contribution in [0, 0.1) is 13.8 Å². The normalized spacial score (nSPS) is 11.6. The predicted molar refractivity (Wildman–Crippen MR) is 56.1 cm³/mol. The summed E-state index contributed by atoms with van der Waals surface area (Å²) >= 11 is 0. The number of halogens is 1. The van der Waals surface area contributed by atoms with Crippen LogP contribution in [0.4, 0.5) is 0 Å². The van der Waals surface area contributed by atoms with Gasteiger partial charge in [-0.25, -0.2) is 8.42 Å². The van der Waals surface area contributed by atoms with E-state index in [0.717, 1.165) is 5.56 Å². The van der Waals surface area contributed by atoms with Gasteiger partial charge in [0.05, 0.1) is 5.75 Å². The summed E-state index contributed by atoms with van der Waals surface area (Å²) in [5, 5.41) is 9.56. The fraction of sp³-hybridized carbons (Fsp3) is 0.333. The van der Waals surface area contributed by atoms with Gasteiger partial charge in [0.2, 0.25) is 9.05 Å². The van der Waals surface area contributed by atoms with Crippen molar-refractivity contribution < 1.29 is 13.5 Å². The fourth-order valence-corrected chi connectivity index (χ4v) is 2.29. The number of phenols is 1. The molecule has 0 aliphatic rings. The van der Waals surface area contributed by atoms with Gasteiger partial charge in [-0.3, -0.25) is 0 Å². The van der Waals surface area contributed by atoms with Gasteiger partial charge in [0.25, 0.3) is 0 Å². The van der Waals surface area contributed by atoms with Crippen LogP contribution < -0.4 is 0 Å². The van der Waals surface area contributed by atoms with Crippen LogP contribution in [0.15, 0.2) is 12.1 Å². The zero-order chi connectivity index (χ0) is 10.9. The molecular formula is C9H11ClO3S. The lowest BCUT2D eigenvalue weighted by molar-refractivity contribution is 0.465. The lowest BCUT2D eigenvalue weighted by Crippen LogP contribution is -1.97. The molecule has 1 aromatic rings. The SMILES string of the molecule is Cc1cc(C)c(O)c(CS(=O)(=O)Cl)c1. The minimum atomic E-state index is -3.62. The quantitative estimate of drug-likeness (QED) is 0.798. The van der Waals surface area contributed by atoms with E-state index in [9.17, 15) is 13.5 Å². The predicted octanol–water partition coefficient (Wildman–Crippen LogP) is 2.08. The molecule has 3 nitrogen and oxygen atoms in total. The van der Waals surface area contributed by atoms with Gasteiger partial charge in [0.15, 0.2) is 0 Å². The summed E-state index contributed by atoms with van der Waals surface area (Å²) in [4.78, 5) is 0. The van der Waals surface area contributed by atoms with E-state index in [1.54, 1.807) is 19.1 Å². The van der Waals surface area contributed by atoms with Crippen molar-refractivity contribution in [1.82, 2.24) is 0 Å². The van der Waals surface area contributed by atoms with Gasteiger partial charge < -0.3 is 5.11 Å². The topological polar surface area (TPSA) is 54.4 Å². The van der Waals surface area contributed by atoms with Gasteiger partial charge in [0.1, 0.15) is 5.75 Å². The first-order valence-electron chi connectivity index (χ1n) is 4.01. The summed E-state index contributed by atoms with van der Waals surface area (Å²) in [6.45, 7) is 3.55. The van der Waals surface area contributed by atoms with Crippen LogP contribution in [0.1, 0.15) is 16.7 Å². The van der Waals surface area contributed by atoms with Crippen molar-refractivity contribution in [3.05, 3.63) is 28.8 Å².